The third kappa shape index (κ3) is 1.76. The summed E-state index contributed by atoms with van der Waals surface area (Å²) in [5, 5.41) is 2.94. The molecule has 0 aromatic carbocycles. The maximum atomic E-state index is 11.0. The van der Waals surface area contributed by atoms with Gasteiger partial charge < -0.3 is 5.32 Å². The van der Waals surface area contributed by atoms with Crippen molar-refractivity contribution in [3.63, 3.8) is 0 Å². The summed E-state index contributed by atoms with van der Waals surface area (Å²) in [5.74, 6) is 0.0218. The second kappa shape index (κ2) is 3.78. The van der Waals surface area contributed by atoms with Gasteiger partial charge in [0.25, 0.3) is 0 Å². The second-order valence-electron chi connectivity index (χ2n) is 3.69. The molecule has 1 aromatic heterocycles. The van der Waals surface area contributed by atoms with Gasteiger partial charge in [-0.3, -0.25) is 9.78 Å². The molecule has 1 aliphatic rings. The van der Waals surface area contributed by atoms with Crippen molar-refractivity contribution in [1.29, 1.82) is 0 Å². The van der Waals surface area contributed by atoms with Crippen LogP contribution in [0.1, 0.15) is 37.1 Å². The Balaban J connectivity index is 2.26. The average molecular weight is 190 g/mol. The molecule has 2 rings (SSSR count). The quantitative estimate of drug-likeness (QED) is 0.730. The molecule has 0 fully saturated rings. The molecule has 14 heavy (non-hydrogen) atoms. The van der Waals surface area contributed by atoms with Crippen LogP contribution in [0.3, 0.4) is 0 Å². The van der Waals surface area contributed by atoms with E-state index < -0.39 is 0 Å². The number of aromatic nitrogens is 1. The molecule has 1 atom stereocenters. The number of carbonyl (C=O) groups excluding carboxylic acids is 1. The minimum Gasteiger partial charge on any atom is -0.348 e. The molecule has 0 unspecified atom stereocenters. The van der Waals surface area contributed by atoms with E-state index in [9.17, 15) is 4.79 Å². The summed E-state index contributed by atoms with van der Waals surface area (Å²) in [7, 11) is 0. The summed E-state index contributed by atoms with van der Waals surface area (Å²) in [6.07, 6.45) is 5.01. The second-order valence-corrected chi connectivity index (χ2v) is 3.69. The van der Waals surface area contributed by atoms with E-state index in [-0.39, 0.29) is 11.9 Å². The molecular weight excluding hydrogens is 176 g/mol. The van der Waals surface area contributed by atoms with Crippen LogP contribution in [0.15, 0.2) is 18.3 Å². The number of rotatable bonds is 1. The van der Waals surface area contributed by atoms with Crippen molar-refractivity contribution in [2.45, 2.75) is 32.2 Å². The molecule has 1 amide bonds. The van der Waals surface area contributed by atoms with Crippen LogP contribution in [-0.4, -0.2) is 10.9 Å². The van der Waals surface area contributed by atoms with Crippen molar-refractivity contribution in [3.8, 4) is 0 Å². The average Bonchev–Trinajstić information content (AvgIpc) is 2.18. The molecule has 0 bridgehead atoms. The first-order chi connectivity index (χ1) is 6.77. The Bertz CT molecular complexity index is 349. The maximum absolute atomic E-state index is 11.0. The fraction of sp³-hybridized carbons (Fsp3) is 0.455. The minimum atomic E-state index is 0.0218. The number of hydrogen-bond acceptors (Lipinski definition) is 2. The van der Waals surface area contributed by atoms with Crippen LogP contribution in [0.5, 0.6) is 0 Å². The fourth-order valence-corrected chi connectivity index (χ4v) is 2.00. The number of hydrogen-bond donors (Lipinski definition) is 1. The summed E-state index contributed by atoms with van der Waals surface area (Å²) in [5.41, 5.74) is 2.33. The van der Waals surface area contributed by atoms with Crippen molar-refractivity contribution < 1.29 is 4.79 Å². The van der Waals surface area contributed by atoms with E-state index in [1.54, 1.807) is 13.1 Å². The van der Waals surface area contributed by atoms with Crippen LogP contribution in [-0.2, 0) is 11.2 Å². The standard InChI is InChI=1S/C11H14N2O/c1-8(14)13-10-6-2-4-9-5-3-7-12-11(9)10/h3,5,7,10H,2,4,6H2,1H3,(H,13,14)/t10-/m1/s1. The van der Waals surface area contributed by atoms with Crippen molar-refractivity contribution in [2.24, 2.45) is 0 Å². The maximum Gasteiger partial charge on any atom is 0.217 e. The molecule has 0 radical (unpaired) electrons. The van der Waals surface area contributed by atoms with Gasteiger partial charge in [-0.25, -0.2) is 0 Å². The van der Waals surface area contributed by atoms with Crippen LogP contribution < -0.4 is 5.32 Å². The van der Waals surface area contributed by atoms with Gasteiger partial charge in [-0.1, -0.05) is 6.07 Å². The Morgan fingerprint density at radius 2 is 2.50 bits per heavy atom. The van der Waals surface area contributed by atoms with Gasteiger partial charge in [0.2, 0.25) is 5.91 Å². The predicted molar refractivity (Wildman–Crippen MR) is 53.7 cm³/mol. The van der Waals surface area contributed by atoms with Crippen LogP contribution in [0.25, 0.3) is 0 Å². The lowest BCUT2D eigenvalue weighted by Crippen LogP contribution is -2.29. The molecule has 0 aliphatic heterocycles. The van der Waals surface area contributed by atoms with E-state index in [1.165, 1.54) is 5.56 Å². The number of amides is 1. The number of nitrogens with one attached hydrogen (secondary N) is 1. The molecule has 3 nitrogen and oxygen atoms in total. The number of aryl methyl sites for hydroxylation is 1. The first-order valence-corrected chi connectivity index (χ1v) is 4.98. The van der Waals surface area contributed by atoms with Crippen LogP contribution in [0.4, 0.5) is 0 Å². The first kappa shape index (κ1) is 9.19. The summed E-state index contributed by atoms with van der Waals surface area (Å²) in [6, 6.07) is 4.17. The highest BCUT2D eigenvalue weighted by Crippen LogP contribution is 2.27. The molecule has 1 aliphatic carbocycles. The monoisotopic (exact) mass is 190 g/mol. The zero-order valence-electron chi connectivity index (χ0n) is 8.29. The van der Waals surface area contributed by atoms with E-state index in [2.05, 4.69) is 16.4 Å². The largest absolute Gasteiger partial charge is 0.348 e. The molecule has 3 heteroatoms. The van der Waals surface area contributed by atoms with E-state index in [1.807, 2.05) is 6.07 Å². The zero-order valence-corrected chi connectivity index (χ0v) is 8.29. The summed E-state index contributed by atoms with van der Waals surface area (Å²) < 4.78 is 0. The highest BCUT2D eigenvalue weighted by atomic mass is 16.1. The Morgan fingerprint density at radius 1 is 1.64 bits per heavy atom. The number of pyridine rings is 1. The molecule has 1 heterocycles. The van der Waals surface area contributed by atoms with Gasteiger partial charge in [0.15, 0.2) is 0 Å². The van der Waals surface area contributed by atoms with Crippen molar-refractivity contribution in [1.82, 2.24) is 10.3 Å². The van der Waals surface area contributed by atoms with Gasteiger partial charge in [0.05, 0.1) is 11.7 Å². The smallest absolute Gasteiger partial charge is 0.217 e. The Labute approximate surface area is 83.5 Å². The Morgan fingerprint density at radius 3 is 3.29 bits per heavy atom. The van der Waals surface area contributed by atoms with Gasteiger partial charge in [0.1, 0.15) is 0 Å². The van der Waals surface area contributed by atoms with Gasteiger partial charge in [-0.15, -0.1) is 0 Å². The summed E-state index contributed by atoms with van der Waals surface area (Å²) in [4.78, 5) is 15.3. The molecule has 0 saturated heterocycles. The van der Waals surface area contributed by atoms with Gasteiger partial charge in [-0.05, 0) is 30.9 Å². The predicted octanol–water partition coefficient (Wildman–Crippen LogP) is 1.60. The molecule has 74 valence electrons. The number of nitrogens with zero attached hydrogens (tertiary/aromatic N) is 1. The summed E-state index contributed by atoms with van der Waals surface area (Å²) in [6.45, 7) is 1.55. The van der Waals surface area contributed by atoms with Gasteiger partial charge in [0, 0.05) is 13.1 Å². The number of carbonyl (C=O) groups is 1. The molecule has 1 aromatic rings. The molecule has 1 N–H and O–H groups in total. The Kier molecular flexibility index (Phi) is 2.48. The molecular formula is C11H14N2O. The molecule has 0 spiro atoms. The minimum absolute atomic E-state index is 0.0218. The topological polar surface area (TPSA) is 42.0 Å². The van der Waals surface area contributed by atoms with Crippen molar-refractivity contribution in [3.05, 3.63) is 29.6 Å². The lowest BCUT2D eigenvalue weighted by atomic mass is 9.92. The highest BCUT2D eigenvalue weighted by Gasteiger charge is 2.21. The van der Waals surface area contributed by atoms with Crippen LogP contribution in [0, 0.1) is 0 Å². The lowest BCUT2D eigenvalue weighted by Gasteiger charge is -2.24. The van der Waals surface area contributed by atoms with Crippen LogP contribution >= 0.6 is 0 Å². The normalized spacial score (nSPS) is 19.9. The first-order valence-electron chi connectivity index (χ1n) is 4.98. The third-order valence-electron chi connectivity index (χ3n) is 2.57. The van der Waals surface area contributed by atoms with Gasteiger partial charge >= 0.3 is 0 Å². The highest BCUT2D eigenvalue weighted by molar-refractivity contribution is 5.73. The van der Waals surface area contributed by atoms with E-state index in [0.717, 1.165) is 25.0 Å². The van der Waals surface area contributed by atoms with E-state index in [0.29, 0.717) is 0 Å². The van der Waals surface area contributed by atoms with Crippen LogP contribution in [0.2, 0.25) is 0 Å². The third-order valence-corrected chi connectivity index (χ3v) is 2.57. The lowest BCUT2D eigenvalue weighted by molar-refractivity contribution is -0.119. The number of fused-ring (bicyclic) bond motifs is 1. The van der Waals surface area contributed by atoms with E-state index in [4.69, 9.17) is 0 Å². The summed E-state index contributed by atoms with van der Waals surface area (Å²) >= 11 is 0. The van der Waals surface area contributed by atoms with Gasteiger partial charge in [-0.2, -0.15) is 0 Å². The zero-order chi connectivity index (χ0) is 9.97. The molecule has 0 saturated carbocycles. The SMILES string of the molecule is CC(=O)N[C@@H]1CCCc2cccnc21. The Hall–Kier alpha value is -1.38. The van der Waals surface area contributed by atoms with E-state index >= 15 is 0 Å². The fourth-order valence-electron chi connectivity index (χ4n) is 2.00. The van der Waals surface area contributed by atoms with Crippen molar-refractivity contribution >= 4 is 5.91 Å². The van der Waals surface area contributed by atoms with Crippen molar-refractivity contribution in [2.75, 3.05) is 0 Å².